The zero-order valence-electron chi connectivity index (χ0n) is 11.8. The summed E-state index contributed by atoms with van der Waals surface area (Å²) in [4.78, 5) is 24.0. The average molecular weight is 295 g/mol. The minimum absolute atomic E-state index is 0.0923. The van der Waals surface area contributed by atoms with E-state index in [1.807, 2.05) is 19.1 Å². The number of benzene rings is 2. The number of carbonyl (C=O) groups excluding carboxylic acids is 2. The van der Waals surface area contributed by atoms with Gasteiger partial charge in [-0.15, -0.1) is 0 Å². The summed E-state index contributed by atoms with van der Waals surface area (Å²) in [5, 5.41) is 16.2. The maximum atomic E-state index is 12.0. The number of hydrogen-bond acceptors (Lipinski definition) is 4. The topological polar surface area (TPSA) is 90.8 Å². The number of phenolic OH excluding ortho intramolecular Hbond substituents is 1. The Morgan fingerprint density at radius 2 is 1.95 bits per heavy atom. The molecule has 0 atom stereocenters. The third-order valence-corrected chi connectivity index (χ3v) is 3.40. The van der Waals surface area contributed by atoms with Crippen molar-refractivity contribution in [1.82, 2.24) is 5.43 Å². The van der Waals surface area contributed by atoms with Gasteiger partial charge in [-0.3, -0.25) is 9.59 Å². The van der Waals surface area contributed by atoms with E-state index in [-0.39, 0.29) is 22.9 Å². The monoisotopic (exact) mass is 295 g/mol. The van der Waals surface area contributed by atoms with E-state index >= 15 is 0 Å². The van der Waals surface area contributed by atoms with Crippen molar-refractivity contribution in [3.8, 4) is 5.75 Å². The summed E-state index contributed by atoms with van der Waals surface area (Å²) in [5.74, 6) is -1.10. The van der Waals surface area contributed by atoms with E-state index in [1.54, 1.807) is 18.2 Å². The quantitative estimate of drug-likeness (QED) is 0.738. The van der Waals surface area contributed by atoms with Crippen molar-refractivity contribution in [3.05, 3.63) is 59.2 Å². The number of phenols is 1. The Bertz CT molecular complexity index is 812. The number of rotatable bonds is 2. The van der Waals surface area contributed by atoms with E-state index in [1.165, 1.54) is 12.1 Å². The first kappa shape index (κ1) is 13.8. The van der Waals surface area contributed by atoms with Gasteiger partial charge in [0.05, 0.1) is 11.3 Å². The smallest absolute Gasteiger partial charge is 0.276 e. The van der Waals surface area contributed by atoms with Crippen LogP contribution in [0.5, 0.6) is 5.75 Å². The van der Waals surface area contributed by atoms with Gasteiger partial charge in [0.2, 0.25) is 0 Å². The molecule has 1 heterocycles. The van der Waals surface area contributed by atoms with Crippen molar-refractivity contribution in [1.29, 1.82) is 0 Å². The van der Waals surface area contributed by atoms with Crippen LogP contribution >= 0.6 is 0 Å². The molecule has 110 valence electrons. The van der Waals surface area contributed by atoms with Crippen LogP contribution in [0.15, 0.2) is 47.6 Å². The molecule has 0 radical (unpaired) electrons. The molecule has 0 aliphatic carbocycles. The van der Waals surface area contributed by atoms with Gasteiger partial charge in [-0.25, -0.2) is 5.43 Å². The van der Waals surface area contributed by atoms with E-state index in [2.05, 4.69) is 15.8 Å². The van der Waals surface area contributed by atoms with Crippen molar-refractivity contribution in [3.63, 3.8) is 0 Å². The first-order valence-corrected chi connectivity index (χ1v) is 6.65. The molecule has 0 saturated carbocycles. The van der Waals surface area contributed by atoms with E-state index in [4.69, 9.17) is 0 Å². The van der Waals surface area contributed by atoms with Crippen LogP contribution in [0.2, 0.25) is 0 Å². The summed E-state index contributed by atoms with van der Waals surface area (Å²) in [6, 6.07) is 11.6. The highest BCUT2D eigenvalue weighted by atomic mass is 16.3. The molecule has 0 unspecified atom stereocenters. The number of aromatic hydroxyl groups is 1. The third-order valence-electron chi connectivity index (χ3n) is 3.40. The highest BCUT2D eigenvalue weighted by Crippen LogP contribution is 2.26. The predicted octanol–water partition coefficient (Wildman–Crippen LogP) is 1.79. The molecule has 2 amide bonds. The highest BCUT2D eigenvalue weighted by Gasteiger charge is 2.27. The molecule has 0 saturated heterocycles. The standard InChI is InChI=1S/C16H13N3O3/c1-9-5-4-7-11-13(9)17-16(22)14(11)18-19-15(21)10-6-2-3-8-12(10)20/h2-8,20H,1H3,(H,19,21)(H,17,18,22). The van der Waals surface area contributed by atoms with Gasteiger partial charge >= 0.3 is 0 Å². The molecule has 0 bridgehead atoms. The lowest BCUT2D eigenvalue weighted by Crippen LogP contribution is -2.23. The molecule has 6 nitrogen and oxygen atoms in total. The van der Waals surface area contributed by atoms with E-state index in [0.29, 0.717) is 11.3 Å². The van der Waals surface area contributed by atoms with Crippen LogP contribution in [0.3, 0.4) is 0 Å². The second-order valence-electron chi connectivity index (χ2n) is 4.87. The molecular formula is C16H13N3O3. The zero-order valence-corrected chi connectivity index (χ0v) is 11.8. The lowest BCUT2D eigenvalue weighted by Gasteiger charge is -2.03. The predicted molar refractivity (Wildman–Crippen MR) is 81.9 cm³/mol. The number of nitrogens with one attached hydrogen (secondary N) is 2. The molecule has 1 aliphatic rings. The lowest BCUT2D eigenvalue weighted by atomic mass is 10.1. The maximum Gasteiger partial charge on any atom is 0.276 e. The normalized spacial score (nSPS) is 14.6. The van der Waals surface area contributed by atoms with Gasteiger partial charge in [-0.05, 0) is 24.6 Å². The first-order valence-electron chi connectivity index (χ1n) is 6.65. The van der Waals surface area contributed by atoms with Crippen molar-refractivity contribution < 1.29 is 14.7 Å². The van der Waals surface area contributed by atoms with Gasteiger partial charge in [0.1, 0.15) is 5.75 Å². The second kappa shape index (κ2) is 5.33. The van der Waals surface area contributed by atoms with Crippen molar-refractivity contribution >= 4 is 23.2 Å². The van der Waals surface area contributed by atoms with Crippen LogP contribution < -0.4 is 10.7 Å². The van der Waals surface area contributed by atoms with E-state index in [0.717, 1.165) is 5.56 Å². The number of hydrogen-bond donors (Lipinski definition) is 3. The largest absolute Gasteiger partial charge is 0.507 e. The van der Waals surface area contributed by atoms with Gasteiger partial charge in [0.25, 0.3) is 11.8 Å². The number of aryl methyl sites for hydroxylation is 1. The minimum Gasteiger partial charge on any atom is -0.507 e. The zero-order chi connectivity index (χ0) is 15.7. The molecule has 3 rings (SSSR count). The van der Waals surface area contributed by atoms with Crippen LogP contribution in [0, 0.1) is 6.92 Å². The lowest BCUT2D eigenvalue weighted by molar-refractivity contribution is -0.110. The summed E-state index contributed by atoms with van der Waals surface area (Å²) in [5.41, 5.74) is 4.79. The summed E-state index contributed by atoms with van der Waals surface area (Å²) >= 11 is 0. The Balaban J connectivity index is 1.88. The number of amides is 2. The van der Waals surface area contributed by atoms with Gasteiger partial charge in [-0.1, -0.05) is 30.3 Å². The van der Waals surface area contributed by atoms with Gasteiger partial charge in [0.15, 0.2) is 5.71 Å². The fourth-order valence-electron chi connectivity index (χ4n) is 2.27. The number of carbonyl (C=O) groups is 2. The Morgan fingerprint density at radius 1 is 1.18 bits per heavy atom. The van der Waals surface area contributed by atoms with Crippen molar-refractivity contribution in [2.24, 2.45) is 5.10 Å². The Hall–Kier alpha value is -3.15. The first-order chi connectivity index (χ1) is 10.6. The number of nitrogens with zero attached hydrogens (tertiary/aromatic N) is 1. The molecule has 0 spiro atoms. The highest BCUT2D eigenvalue weighted by molar-refractivity contribution is 6.54. The Kier molecular flexibility index (Phi) is 3.34. The molecule has 2 aromatic carbocycles. The average Bonchev–Trinajstić information content (AvgIpc) is 2.82. The molecule has 1 aliphatic heterocycles. The maximum absolute atomic E-state index is 12.0. The molecule has 6 heteroatoms. The minimum atomic E-state index is -0.584. The van der Waals surface area contributed by atoms with Crippen molar-refractivity contribution in [2.45, 2.75) is 6.92 Å². The van der Waals surface area contributed by atoms with Gasteiger partial charge < -0.3 is 10.4 Å². The summed E-state index contributed by atoms with van der Waals surface area (Å²) < 4.78 is 0. The van der Waals surface area contributed by atoms with E-state index < -0.39 is 5.91 Å². The number of hydrazone groups is 1. The van der Waals surface area contributed by atoms with E-state index in [9.17, 15) is 14.7 Å². The van der Waals surface area contributed by atoms with Crippen LogP contribution in [-0.2, 0) is 4.79 Å². The third kappa shape index (κ3) is 2.31. The van der Waals surface area contributed by atoms with Crippen LogP contribution in [0.4, 0.5) is 5.69 Å². The van der Waals surface area contributed by atoms with Crippen LogP contribution in [0.25, 0.3) is 0 Å². The Labute approximate surface area is 126 Å². The van der Waals surface area contributed by atoms with Crippen LogP contribution in [-0.4, -0.2) is 22.6 Å². The molecule has 0 fully saturated rings. The summed E-state index contributed by atoms with van der Waals surface area (Å²) in [6.45, 7) is 1.88. The molecule has 3 N–H and O–H groups in total. The van der Waals surface area contributed by atoms with Crippen LogP contribution in [0.1, 0.15) is 21.5 Å². The fraction of sp³-hybridized carbons (Fsp3) is 0.0625. The summed E-state index contributed by atoms with van der Waals surface area (Å²) in [7, 11) is 0. The SMILES string of the molecule is Cc1cccc2c1NC(=O)/C2=N\NC(=O)c1ccccc1O. The number of anilines is 1. The second-order valence-corrected chi connectivity index (χ2v) is 4.87. The van der Waals surface area contributed by atoms with Gasteiger partial charge in [-0.2, -0.15) is 5.10 Å². The Morgan fingerprint density at radius 3 is 2.73 bits per heavy atom. The van der Waals surface area contributed by atoms with Gasteiger partial charge in [0, 0.05) is 5.56 Å². The number of fused-ring (bicyclic) bond motifs is 1. The molecular weight excluding hydrogens is 282 g/mol. The molecule has 2 aromatic rings. The number of para-hydroxylation sites is 2. The molecule has 0 aromatic heterocycles. The molecule has 22 heavy (non-hydrogen) atoms. The van der Waals surface area contributed by atoms with Crippen molar-refractivity contribution in [2.75, 3.05) is 5.32 Å². The fourth-order valence-corrected chi connectivity index (χ4v) is 2.27. The summed E-state index contributed by atoms with van der Waals surface area (Å²) in [6.07, 6.45) is 0.